The molecule has 1 fully saturated rings. The van der Waals surface area contributed by atoms with Gasteiger partial charge in [-0.15, -0.1) is 11.3 Å². The molecule has 0 radical (unpaired) electrons. The summed E-state index contributed by atoms with van der Waals surface area (Å²) < 4.78 is 13.2. The Hall–Kier alpha value is -3.19. The summed E-state index contributed by atoms with van der Waals surface area (Å²) >= 11 is 1.58. The normalized spacial score (nSPS) is 16.9. The second kappa shape index (κ2) is 8.74. The first kappa shape index (κ1) is 20.7. The van der Waals surface area contributed by atoms with Gasteiger partial charge in [-0.2, -0.15) is 0 Å². The Morgan fingerprint density at radius 2 is 1.72 bits per heavy atom. The van der Waals surface area contributed by atoms with E-state index in [4.69, 9.17) is 0 Å². The lowest BCUT2D eigenvalue weighted by Gasteiger charge is -2.37. The maximum Gasteiger partial charge on any atom is 0.255 e. The zero-order valence-corrected chi connectivity index (χ0v) is 18.4. The van der Waals surface area contributed by atoms with Crippen molar-refractivity contribution in [1.82, 2.24) is 9.80 Å². The number of carbonyl (C=O) groups excluding carboxylic acids is 2. The van der Waals surface area contributed by atoms with Crippen LogP contribution in [-0.2, 0) is 11.3 Å². The summed E-state index contributed by atoms with van der Waals surface area (Å²) in [4.78, 5) is 33.3. The van der Waals surface area contributed by atoms with Gasteiger partial charge in [-0.05, 0) is 47.3 Å². The number of anilines is 1. The predicted octanol–water partition coefficient (Wildman–Crippen LogP) is 4.32. The third kappa shape index (κ3) is 4.00. The Kier molecular flexibility index (Phi) is 5.66. The summed E-state index contributed by atoms with van der Waals surface area (Å²) in [5.41, 5.74) is 2.71. The minimum absolute atomic E-state index is 0.00655. The van der Waals surface area contributed by atoms with E-state index in [1.165, 1.54) is 12.1 Å². The maximum atomic E-state index is 13.3. The highest BCUT2D eigenvalue weighted by Crippen LogP contribution is 2.35. The summed E-state index contributed by atoms with van der Waals surface area (Å²) in [6.45, 7) is 3.16. The molecule has 1 atom stereocenters. The molecule has 164 valence electrons. The zero-order chi connectivity index (χ0) is 22.1. The van der Waals surface area contributed by atoms with E-state index in [9.17, 15) is 14.0 Å². The van der Waals surface area contributed by atoms with E-state index in [0.717, 1.165) is 21.7 Å². The third-order valence-corrected chi connectivity index (χ3v) is 7.26. The molecule has 0 saturated carbocycles. The van der Waals surface area contributed by atoms with Crippen molar-refractivity contribution < 1.29 is 14.0 Å². The number of hydrogen-bond donors (Lipinski definition) is 0. The van der Waals surface area contributed by atoms with Gasteiger partial charge in [0.15, 0.2) is 0 Å². The molecule has 5 rings (SSSR count). The van der Waals surface area contributed by atoms with Gasteiger partial charge in [-0.3, -0.25) is 9.59 Å². The molecule has 0 unspecified atom stereocenters. The second-order valence-corrected chi connectivity index (χ2v) is 9.15. The quantitative estimate of drug-likeness (QED) is 0.583. The first-order valence-electron chi connectivity index (χ1n) is 10.8. The highest BCUT2D eigenvalue weighted by Gasteiger charge is 2.36. The fourth-order valence-electron chi connectivity index (χ4n) is 4.53. The minimum atomic E-state index is -0.266. The van der Waals surface area contributed by atoms with Crippen molar-refractivity contribution in [3.05, 3.63) is 87.9 Å². The number of amides is 2. The molecule has 0 aliphatic carbocycles. The van der Waals surface area contributed by atoms with Crippen molar-refractivity contribution >= 4 is 28.8 Å². The molecule has 2 aliphatic heterocycles. The number of piperazine rings is 1. The van der Waals surface area contributed by atoms with E-state index >= 15 is 0 Å². The minimum Gasteiger partial charge on any atom is -0.368 e. The van der Waals surface area contributed by atoms with E-state index in [1.807, 2.05) is 51.6 Å². The van der Waals surface area contributed by atoms with Crippen molar-refractivity contribution in [2.45, 2.75) is 19.0 Å². The first-order valence-corrected chi connectivity index (χ1v) is 11.7. The second-order valence-electron chi connectivity index (χ2n) is 8.17. The Morgan fingerprint density at radius 1 is 0.969 bits per heavy atom. The number of benzene rings is 2. The average Bonchev–Trinajstić information content (AvgIpc) is 3.47. The van der Waals surface area contributed by atoms with Gasteiger partial charge in [0, 0.05) is 48.9 Å². The average molecular weight is 450 g/mol. The SMILES string of the molecule is O=C(C[C@H](c1cccs1)N1Cc2ccccc2C1=O)N1CCN(c2ccc(F)cc2)CC1. The van der Waals surface area contributed by atoms with Crippen molar-refractivity contribution in [2.24, 2.45) is 0 Å². The van der Waals surface area contributed by atoms with Gasteiger partial charge in [0.25, 0.3) is 5.91 Å². The summed E-state index contributed by atoms with van der Waals surface area (Å²) in [5.74, 6) is -0.195. The molecule has 32 heavy (non-hydrogen) atoms. The van der Waals surface area contributed by atoms with Crippen LogP contribution in [0.25, 0.3) is 0 Å². The van der Waals surface area contributed by atoms with E-state index in [1.54, 1.807) is 23.5 Å². The van der Waals surface area contributed by atoms with Gasteiger partial charge in [0.1, 0.15) is 5.82 Å². The van der Waals surface area contributed by atoms with Crippen LogP contribution in [0.5, 0.6) is 0 Å². The van der Waals surface area contributed by atoms with Gasteiger partial charge in [-0.1, -0.05) is 24.3 Å². The van der Waals surface area contributed by atoms with Crippen LogP contribution < -0.4 is 4.90 Å². The van der Waals surface area contributed by atoms with Crippen LogP contribution >= 0.6 is 11.3 Å². The number of hydrogen-bond acceptors (Lipinski definition) is 4. The number of rotatable bonds is 5. The number of halogens is 1. The van der Waals surface area contributed by atoms with Gasteiger partial charge < -0.3 is 14.7 Å². The lowest BCUT2D eigenvalue weighted by atomic mass is 10.1. The van der Waals surface area contributed by atoms with E-state index < -0.39 is 0 Å². The first-order chi connectivity index (χ1) is 15.6. The largest absolute Gasteiger partial charge is 0.368 e. The lowest BCUT2D eigenvalue weighted by molar-refractivity contribution is -0.132. The fraction of sp³-hybridized carbons (Fsp3) is 0.280. The molecular formula is C25H24FN3O2S. The molecule has 0 N–H and O–H groups in total. The molecule has 3 aromatic rings. The molecular weight excluding hydrogens is 425 g/mol. The van der Waals surface area contributed by atoms with Gasteiger partial charge in [-0.25, -0.2) is 4.39 Å². The summed E-state index contributed by atoms with van der Waals surface area (Å²) in [6.07, 6.45) is 0.275. The van der Waals surface area contributed by atoms with Crippen LogP contribution in [0.1, 0.15) is 33.3 Å². The van der Waals surface area contributed by atoms with E-state index in [2.05, 4.69) is 4.90 Å². The van der Waals surface area contributed by atoms with Crippen molar-refractivity contribution in [3.63, 3.8) is 0 Å². The summed E-state index contributed by atoms with van der Waals surface area (Å²) in [7, 11) is 0. The van der Waals surface area contributed by atoms with Crippen LogP contribution in [0, 0.1) is 5.82 Å². The molecule has 1 aromatic heterocycles. The van der Waals surface area contributed by atoms with Gasteiger partial charge >= 0.3 is 0 Å². The molecule has 5 nitrogen and oxygen atoms in total. The number of fused-ring (bicyclic) bond motifs is 1. The van der Waals surface area contributed by atoms with Crippen molar-refractivity contribution in [1.29, 1.82) is 0 Å². The fourth-order valence-corrected chi connectivity index (χ4v) is 5.37. The van der Waals surface area contributed by atoms with Crippen LogP contribution in [0.3, 0.4) is 0 Å². The van der Waals surface area contributed by atoms with Crippen LogP contribution in [-0.4, -0.2) is 47.8 Å². The predicted molar refractivity (Wildman–Crippen MR) is 123 cm³/mol. The van der Waals surface area contributed by atoms with Crippen molar-refractivity contribution in [2.75, 3.05) is 31.1 Å². The van der Waals surface area contributed by atoms with Gasteiger partial charge in [0.2, 0.25) is 5.91 Å². The Morgan fingerprint density at radius 3 is 2.41 bits per heavy atom. The number of nitrogens with zero attached hydrogens (tertiary/aromatic N) is 3. The Labute approximate surface area is 190 Å². The molecule has 7 heteroatoms. The molecule has 3 heterocycles. The highest BCUT2D eigenvalue weighted by atomic mass is 32.1. The monoisotopic (exact) mass is 449 g/mol. The molecule has 1 saturated heterocycles. The standard InChI is InChI=1S/C25H24FN3O2S/c26-19-7-9-20(10-8-19)27-11-13-28(14-12-27)24(30)16-22(23-6-3-15-32-23)29-17-18-4-1-2-5-21(18)25(29)31/h1-10,15,22H,11-14,16-17H2/t22-/m1/s1. The molecule has 0 bridgehead atoms. The summed E-state index contributed by atoms with van der Waals surface area (Å²) in [5, 5.41) is 1.99. The third-order valence-electron chi connectivity index (χ3n) is 6.29. The van der Waals surface area contributed by atoms with Crippen molar-refractivity contribution in [3.8, 4) is 0 Å². The number of carbonyl (C=O) groups is 2. The smallest absolute Gasteiger partial charge is 0.255 e. The van der Waals surface area contributed by atoms with E-state index in [-0.39, 0.29) is 30.1 Å². The van der Waals surface area contributed by atoms with Crippen LogP contribution in [0.15, 0.2) is 66.0 Å². The highest BCUT2D eigenvalue weighted by molar-refractivity contribution is 7.10. The maximum absolute atomic E-state index is 13.3. The Balaban J connectivity index is 1.27. The zero-order valence-electron chi connectivity index (χ0n) is 17.6. The molecule has 0 spiro atoms. The molecule has 2 amide bonds. The number of thiophene rings is 1. The lowest BCUT2D eigenvalue weighted by Crippen LogP contribution is -2.49. The van der Waals surface area contributed by atoms with E-state index in [0.29, 0.717) is 32.7 Å². The topological polar surface area (TPSA) is 43.9 Å². The van der Waals surface area contributed by atoms with Crippen LogP contribution in [0.4, 0.5) is 10.1 Å². The summed E-state index contributed by atoms with van der Waals surface area (Å²) in [6, 6.07) is 17.8. The van der Waals surface area contributed by atoms with Crippen LogP contribution in [0.2, 0.25) is 0 Å². The molecule has 2 aliphatic rings. The molecule has 2 aromatic carbocycles. The Bertz CT molecular complexity index is 1110. The van der Waals surface area contributed by atoms with Gasteiger partial charge in [0.05, 0.1) is 12.5 Å².